The van der Waals surface area contributed by atoms with Gasteiger partial charge in [0.1, 0.15) is 0 Å². The predicted octanol–water partition coefficient (Wildman–Crippen LogP) is 0.917. The van der Waals surface area contributed by atoms with Gasteiger partial charge in [0.15, 0.2) is 0 Å². The SMILES string of the molecule is CN(C)c1ccc([N+](=O)[O-])cc1C(=O)NCCNC(=O)C1CC1. The number of hydrogen-bond acceptors (Lipinski definition) is 5. The van der Waals surface area contributed by atoms with Crippen molar-refractivity contribution in [2.45, 2.75) is 12.8 Å². The van der Waals surface area contributed by atoms with E-state index in [0.717, 1.165) is 12.8 Å². The first-order chi connectivity index (χ1) is 10.9. The van der Waals surface area contributed by atoms with E-state index in [1.54, 1.807) is 25.1 Å². The van der Waals surface area contributed by atoms with E-state index in [9.17, 15) is 19.7 Å². The minimum absolute atomic E-state index is 0.0172. The Morgan fingerprint density at radius 3 is 2.48 bits per heavy atom. The first-order valence-corrected chi connectivity index (χ1v) is 7.42. The molecule has 0 radical (unpaired) electrons. The summed E-state index contributed by atoms with van der Waals surface area (Å²) in [7, 11) is 3.52. The van der Waals surface area contributed by atoms with Gasteiger partial charge >= 0.3 is 0 Å². The van der Waals surface area contributed by atoms with Crippen LogP contribution in [0.2, 0.25) is 0 Å². The van der Waals surface area contributed by atoms with Crippen molar-refractivity contribution in [3.63, 3.8) is 0 Å². The Labute approximate surface area is 134 Å². The maximum absolute atomic E-state index is 12.3. The number of rotatable bonds is 7. The van der Waals surface area contributed by atoms with Crippen LogP contribution in [-0.2, 0) is 4.79 Å². The van der Waals surface area contributed by atoms with Crippen LogP contribution in [0, 0.1) is 16.0 Å². The molecule has 0 aliphatic heterocycles. The number of nitro benzene ring substituents is 1. The second kappa shape index (κ2) is 7.08. The van der Waals surface area contributed by atoms with Gasteiger partial charge in [-0.15, -0.1) is 0 Å². The number of nitro groups is 1. The molecule has 0 aromatic heterocycles. The predicted molar refractivity (Wildman–Crippen MR) is 85.5 cm³/mol. The van der Waals surface area contributed by atoms with Gasteiger partial charge in [-0.2, -0.15) is 0 Å². The molecule has 1 aliphatic rings. The fourth-order valence-corrected chi connectivity index (χ4v) is 2.16. The summed E-state index contributed by atoms with van der Waals surface area (Å²) >= 11 is 0. The average molecular weight is 320 g/mol. The quantitative estimate of drug-likeness (QED) is 0.441. The minimum atomic E-state index is -0.536. The highest BCUT2D eigenvalue weighted by Crippen LogP contribution is 2.28. The number of amides is 2. The van der Waals surface area contributed by atoms with Crippen molar-refractivity contribution in [1.82, 2.24) is 10.6 Å². The molecule has 8 nitrogen and oxygen atoms in total. The molecule has 1 saturated carbocycles. The van der Waals surface area contributed by atoms with Crippen molar-refractivity contribution >= 4 is 23.2 Å². The van der Waals surface area contributed by atoms with Crippen LogP contribution in [0.5, 0.6) is 0 Å². The third-order valence-electron chi connectivity index (χ3n) is 3.58. The maximum atomic E-state index is 12.3. The van der Waals surface area contributed by atoms with E-state index in [4.69, 9.17) is 0 Å². The van der Waals surface area contributed by atoms with Gasteiger partial charge < -0.3 is 15.5 Å². The molecule has 8 heteroatoms. The summed E-state index contributed by atoms with van der Waals surface area (Å²) in [5.74, 6) is -0.260. The Bertz CT molecular complexity index is 626. The Morgan fingerprint density at radius 2 is 1.91 bits per heavy atom. The maximum Gasteiger partial charge on any atom is 0.270 e. The van der Waals surface area contributed by atoms with Crippen LogP contribution in [0.3, 0.4) is 0 Å². The summed E-state index contributed by atoms with van der Waals surface area (Å²) in [4.78, 5) is 35.8. The van der Waals surface area contributed by atoms with Gasteiger partial charge in [0.25, 0.3) is 11.6 Å². The Balaban J connectivity index is 1.97. The number of non-ortho nitro benzene ring substituents is 1. The number of hydrogen-bond donors (Lipinski definition) is 2. The molecule has 1 aliphatic carbocycles. The summed E-state index contributed by atoms with van der Waals surface area (Å²) in [6.45, 7) is 0.611. The van der Waals surface area contributed by atoms with E-state index in [1.807, 2.05) is 0 Å². The lowest BCUT2D eigenvalue weighted by Crippen LogP contribution is -2.35. The molecule has 2 rings (SSSR count). The highest BCUT2D eigenvalue weighted by atomic mass is 16.6. The molecule has 1 fully saturated rings. The molecule has 124 valence electrons. The fraction of sp³-hybridized carbons (Fsp3) is 0.467. The molecular formula is C15H20N4O4. The van der Waals surface area contributed by atoms with Crippen molar-refractivity contribution in [2.24, 2.45) is 5.92 Å². The molecule has 0 unspecified atom stereocenters. The zero-order chi connectivity index (χ0) is 17.0. The normalized spacial score (nSPS) is 13.3. The topological polar surface area (TPSA) is 105 Å². The number of nitrogens with zero attached hydrogens (tertiary/aromatic N) is 2. The van der Waals surface area contributed by atoms with Crippen molar-refractivity contribution < 1.29 is 14.5 Å². The lowest BCUT2D eigenvalue weighted by Gasteiger charge is -2.17. The Kier molecular flexibility index (Phi) is 5.15. The number of anilines is 1. The third kappa shape index (κ3) is 4.41. The van der Waals surface area contributed by atoms with Crippen LogP contribution in [0.1, 0.15) is 23.2 Å². The molecular weight excluding hydrogens is 300 g/mol. The summed E-state index contributed by atoms with van der Waals surface area (Å²) < 4.78 is 0. The minimum Gasteiger partial charge on any atom is -0.377 e. The first-order valence-electron chi connectivity index (χ1n) is 7.42. The summed E-state index contributed by atoms with van der Waals surface area (Å²) in [5.41, 5.74) is 0.690. The molecule has 1 aromatic carbocycles. The van der Waals surface area contributed by atoms with Gasteiger partial charge in [-0.25, -0.2) is 0 Å². The smallest absolute Gasteiger partial charge is 0.270 e. The second-order valence-electron chi connectivity index (χ2n) is 5.67. The van der Waals surface area contributed by atoms with Crippen molar-refractivity contribution in [3.8, 4) is 0 Å². The lowest BCUT2D eigenvalue weighted by molar-refractivity contribution is -0.384. The van der Waals surface area contributed by atoms with Gasteiger partial charge in [0, 0.05) is 50.9 Å². The zero-order valence-corrected chi connectivity index (χ0v) is 13.2. The average Bonchev–Trinajstić information content (AvgIpc) is 3.35. The van der Waals surface area contributed by atoms with Crippen LogP contribution in [0.4, 0.5) is 11.4 Å². The second-order valence-corrected chi connectivity index (χ2v) is 5.67. The van der Waals surface area contributed by atoms with E-state index >= 15 is 0 Å². The molecule has 0 spiro atoms. The van der Waals surface area contributed by atoms with Gasteiger partial charge in [0.2, 0.25) is 5.91 Å². The van der Waals surface area contributed by atoms with Crippen molar-refractivity contribution in [2.75, 3.05) is 32.1 Å². The Hall–Kier alpha value is -2.64. The van der Waals surface area contributed by atoms with Crippen LogP contribution in [0.15, 0.2) is 18.2 Å². The molecule has 2 amide bonds. The molecule has 0 atom stereocenters. The largest absolute Gasteiger partial charge is 0.377 e. The van der Waals surface area contributed by atoms with E-state index in [1.165, 1.54) is 12.1 Å². The number of nitrogens with one attached hydrogen (secondary N) is 2. The van der Waals surface area contributed by atoms with Crippen molar-refractivity contribution in [1.29, 1.82) is 0 Å². The van der Waals surface area contributed by atoms with Crippen LogP contribution in [-0.4, -0.2) is 43.9 Å². The van der Waals surface area contributed by atoms with Gasteiger partial charge in [-0.1, -0.05) is 0 Å². The highest BCUT2D eigenvalue weighted by Gasteiger charge is 2.29. The van der Waals surface area contributed by atoms with Gasteiger partial charge in [0.05, 0.1) is 10.5 Å². The Morgan fingerprint density at radius 1 is 1.26 bits per heavy atom. The number of benzene rings is 1. The third-order valence-corrected chi connectivity index (χ3v) is 3.58. The standard InChI is InChI=1S/C15H20N4O4/c1-18(2)13-6-5-11(19(22)23)9-12(13)15(21)17-8-7-16-14(20)10-3-4-10/h5-6,9-10H,3-4,7-8H2,1-2H3,(H,16,20)(H,17,21). The molecule has 0 bridgehead atoms. The molecule has 0 heterocycles. The van der Waals surface area contributed by atoms with Gasteiger partial charge in [-0.05, 0) is 18.9 Å². The number of carbonyl (C=O) groups is 2. The van der Waals surface area contributed by atoms with Crippen LogP contribution in [0.25, 0.3) is 0 Å². The monoisotopic (exact) mass is 320 g/mol. The highest BCUT2D eigenvalue weighted by molar-refractivity contribution is 6.00. The van der Waals surface area contributed by atoms with Crippen LogP contribution < -0.4 is 15.5 Å². The zero-order valence-electron chi connectivity index (χ0n) is 13.2. The summed E-state index contributed by atoms with van der Waals surface area (Å²) in [6, 6.07) is 4.16. The summed E-state index contributed by atoms with van der Waals surface area (Å²) in [6.07, 6.45) is 1.86. The first kappa shape index (κ1) is 16.7. The van der Waals surface area contributed by atoms with E-state index in [-0.39, 0.29) is 29.6 Å². The molecule has 0 saturated heterocycles. The lowest BCUT2D eigenvalue weighted by atomic mass is 10.1. The number of carbonyl (C=O) groups excluding carboxylic acids is 2. The van der Waals surface area contributed by atoms with Gasteiger partial charge in [-0.3, -0.25) is 19.7 Å². The molecule has 2 N–H and O–H groups in total. The van der Waals surface area contributed by atoms with E-state index in [0.29, 0.717) is 12.2 Å². The van der Waals surface area contributed by atoms with Crippen molar-refractivity contribution in [3.05, 3.63) is 33.9 Å². The van der Waals surface area contributed by atoms with Crippen LogP contribution >= 0.6 is 0 Å². The fourth-order valence-electron chi connectivity index (χ4n) is 2.16. The van der Waals surface area contributed by atoms with E-state index in [2.05, 4.69) is 10.6 Å². The summed E-state index contributed by atoms with van der Waals surface area (Å²) in [5, 5.41) is 16.3. The molecule has 1 aromatic rings. The van der Waals surface area contributed by atoms with E-state index < -0.39 is 10.8 Å². The molecule has 23 heavy (non-hydrogen) atoms.